The fraction of sp³-hybridized carbons (Fsp3) is 0.286. The summed E-state index contributed by atoms with van der Waals surface area (Å²) in [5, 5.41) is 10.3. The highest BCUT2D eigenvalue weighted by Crippen LogP contribution is 2.28. The number of alkyl halides is 3. The molecular formula is C14H13F3N6O. The van der Waals surface area contributed by atoms with E-state index in [1.165, 1.54) is 6.07 Å². The normalized spacial score (nSPS) is 11.8. The first-order valence-corrected chi connectivity index (χ1v) is 7.03. The number of carbonyl (C=O) groups excluding carboxylic acids is 1. The van der Waals surface area contributed by atoms with Gasteiger partial charge < -0.3 is 5.32 Å². The largest absolute Gasteiger partial charge is 0.433 e. The molecule has 0 saturated heterocycles. The van der Waals surface area contributed by atoms with Crippen LogP contribution in [0.1, 0.15) is 21.9 Å². The maximum atomic E-state index is 12.9. The molecule has 0 spiro atoms. The zero-order valence-corrected chi connectivity index (χ0v) is 12.6. The summed E-state index contributed by atoms with van der Waals surface area (Å²) in [4.78, 5) is 15.9. The number of nitrogens with one attached hydrogen (secondary N) is 1. The molecule has 0 aromatic carbocycles. The molecule has 3 aromatic heterocycles. The number of aromatic nitrogens is 5. The van der Waals surface area contributed by atoms with Crippen molar-refractivity contribution in [3.63, 3.8) is 0 Å². The van der Waals surface area contributed by atoms with Gasteiger partial charge in [0.1, 0.15) is 5.69 Å². The molecule has 0 unspecified atom stereocenters. The molecule has 1 amide bonds. The quantitative estimate of drug-likeness (QED) is 0.781. The van der Waals surface area contributed by atoms with Gasteiger partial charge in [0.05, 0.1) is 0 Å². The molecular weight excluding hydrogens is 325 g/mol. The molecule has 0 atom stereocenters. The lowest BCUT2D eigenvalue weighted by Crippen LogP contribution is -2.26. The Morgan fingerprint density at radius 1 is 1.29 bits per heavy atom. The Balaban J connectivity index is 1.75. The van der Waals surface area contributed by atoms with Crippen LogP contribution in [-0.4, -0.2) is 36.8 Å². The Morgan fingerprint density at radius 3 is 2.75 bits per heavy atom. The van der Waals surface area contributed by atoms with Gasteiger partial charge in [0.2, 0.25) is 0 Å². The molecule has 3 rings (SSSR count). The van der Waals surface area contributed by atoms with Crippen molar-refractivity contribution >= 4 is 11.6 Å². The molecule has 3 heterocycles. The zero-order valence-electron chi connectivity index (χ0n) is 12.6. The van der Waals surface area contributed by atoms with Gasteiger partial charge in [-0.25, -0.2) is 9.50 Å². The molecule has 0 aliphatic rings. The summed E-state index contributed by atoms with van der Waals surface area (Å²) in [6, 6.07) is 3.84. The minimum Gasteiger partial charge on any atom is -0.350 e. The Hall–Kier alpha value is -2.91. The van der Waals surface area contributed by atoms with Crippen LogP contribution in [0.3, 0.4) is 0 Å². The Labute approximate surface area is 134 Å². The van der Waals surface area contributed by atoms with E-state index in [9.17, 15) is 18.0 Å². The number of amides is 1. The second-order valence-corrected chi connectivity index (χ2v) is 5.08. The van der Waals surface area contributed by atoms with Crippen LogP contribution >= 0.6 is 0 Å². The molecule has 1 N–H and O–H groups in total. The van der Waals surface area contributed by atoms with Gasteiger partial charge in [0.15, 0.2) is 11.3 Å². The standard InChI is InChI=1S/C14H13F3N6O/c1-22-9(3-7-20-22)2-5-19-13(24)10-8-12-18-6-4-11(14(15,16)17)23(12)21-10/h3-4,6-8H,2,5H2,1H3,(H,19,24). The zero-order chi connectivity index (χ0) is 17.3. The predicted molar refractivity (Wildman–Crippen MR) is 77.2 cm³/mol. The molecule has 0 aliphatic heterocycles. The number of rotatable bonds is 4. The molecule has 10 heteroatoms. The van der Waals surface area contributed by atoms with Crippen LogP contribution in [0, 0.1) is 0 Å². The lowest BCUT2D eigenvalue weighted by atomic mass is 10.3. The second kappa shape index (κ2) is 5.95. The monoisotopic (exact) mass is 338 g/mol. The molecule has 0 bridgehead atoms. The summed E-state index contributed by atoms with van der Waals surface area (Å²) >= 11 is 0. The highest BCUT2D eigenvalue weighted by atomic mass is 19.4. The van der Waals surface area contributed by atoms with Crippen molar-refractivity contribution in [2.24, 2.45) is 7.05 Å². The number of carbonyl (C=O) groups is 1. The van der Waals surface area contributed by atoms with Crippen molar-refractivity contribution in [1.29, 1.82) is 0 Å². The number of aryl methyl sites for hydroxylation is 1. The van der Waals surface area contributed by atoms with Crippen LogP contribution in [0.4, 0.5) is 13.2 Å². The number of hydrogen-bond donors (Lipinski definition) is 1. The highest BCUT2D eigenvalue weighted by Gasteiger charge is 2.34. The van der Waals surface area contributed by atoms with Crippen molar-refractivity contribution in [2.45, 2.75) is 12.6 Å². The van der Waals surface area contributed by atoms with E-state index in [1.807, 2.05) is 6.07 Å². The fourth-order valence-corrected chi connectivity index (χ4v) is 2.26. The van der Waals surface area contributed by atoms with E-state index in [0.717, 1.165) is 18.0 Å². The third-order valence-corrected chi connectivity index (χ3v) is 3.47. The molecule has 0 radical (unpaired) electrons. The smallest absolute Gasteiger partial charge is 0.350 e. The van der Waals surface area contributed by atoms with Crippen molar-refractivity contribution < 1.29 is 18.0 Å². The van der Waals surface area contributed by atoms with Gasteiger partial charge in [-0.15, -0.1) is 0 Å². The third-order valence-electron chi connectivity index (χ3n) is 3.47. The van der Waals surface area contributed by atoms with E-state index in [2.05, 4.69) is 20.5 Å². The minimum atomic E-state index is -4.58. The molecule has 0 saturated carbocycles. The number of halogens is 3. The Morgan fingerprint density at radius 2 is 2.08 bits per heavy atom. The summed E-state index contributed by atoms with van der Waals surface area (Å²) in [5.41, 5.74) is -0.224. The predicted octanol–water partition coefficient (Wildman–Crippen LogP) is 1.45. The average Bonchev–Trinajstić information content (AvgIpc) is 3.12. The summed E-state index contributed by atoms with van der Waals surface area (Å²) in [7, 11) is 1.78. The van der Waals surface area contributed by atoms with Crippen molar-refractivity contribution in [3.8, 4) is 0 Å². The highest BCUT2D eigenvalue weighted by molar-refractivity contribution is 5.93. The van der Waals surface area contributed by atoms with Crippen LogP contribution in [-0.2, 0) is 19.6 Å². The van der Waals surface area contributed by atoms with E-state index in [-0.39, 0.29) is 11.3 Å². The summed E-state index contributed by atoms with van der Waals surface area (Å²) in [6.07, 6.45) is -1.37. The fourth-order valence-electron chi connectivity index (χ4n) is 2.26. The van der Waals surface area contributed by atoms with Gasteiger partial charge in [-0.1, -0.05) is 0 Å². The molecule has 0 fully saturated rings. The van der Waals surface area contributed by atoms with Gasteiger partial charge in [-0.2, -0.15) is 23.4 Å². The van der Waals surface area contributed by atoms with Crippen molar-refractivity contribution in [1.82, 2.24) is 29.7 Å². The minimum absolute atomic E-state index is 0.0402. The number of fused-ring (bicyclic) bond motifs is 1. The lowest BCUT2D eigenvalue weighted by Gasteiger charge is -2.07. The van der Waals surface area contributed by atoms with Crippen LogP contribution in [0.25, 0.3) is 5.65 Å². The number of nitrogens with zero attached hydrogens (tertiary/aromatic N) is 5. The van der Waals surface area contributed by atoms with E-state index in [4.69, 9.17) is 0 Å². The second-order valence-electron chi connectivity index (χ2n) is 5.08. The van der Waals surface area contributed by atoms with Crippen molar-refractivity contribution in [2.75, 3.05) is 6.54 Å². The number of hydrogen-bond acceptors (Lipinski definition) is 4. The molecule has 0 aliphatic carbocycles. The third kappa shape index (κ3) is 3.07. The van der Waals surface area contributed by atoms with Gasteiger partial charge in [-0.05, 0) is 12.1 Å². The van der Waals surface area contributed by atoms with E-state index in [0.29, 0.717) is 17.5 Å². The molecule has 3 aromatic rings. The van der Waals surface area contributed by atoms with Gasteiger partial charge in [-0.3, -0.25) is 9.48 Å². The summed E-state index contributed by atoms with van der Waals surface area (Å²) in [6.45, 7) is 0.311. The van der Waals surface area contributed by atoms with Crippen LogP contribution in [0.5, 0.6) is 0 Å². The maximum absolute atomic E-state index is 12.9. The van der Waals surface area contributed by atoms with Gasteiger partial charge >= 0.3 is 6.18 Å². The average molecular weight is 338 g/mol. The first-order chi connectivity index (χ1) is 11.4. The van der Waals surface area contributed by atoms with E-state index < -0.39 is 17.8 Å². The van der Waals surface area contributed by atoms with Crippen LogP contribution in [0.2, 0.25) is 0 Å². The van der Waals surface area contributed by atoms with Crippen LogP contribution in [0.15, 0.2) is 30.6 Å². The maximum Gasteiger partial charge on any atom is 0.433 e. The van der Waals surface area contributed by atoms with E-state index in [1.54, 1.807) is 17.9 Å². The molecule has 7 nitrogen and oxygen atoms in total. The van der Waals surface area contributed by atoms with Gasteiger partial charge in [0.25, 0.3) is 5.91 Å². The Kier molecular flexibility index (Phi) is 3.96. The first kappa shape index (κ1) is 16.0. The molecule has 126 valence electrons. The first-order valence-electron chi connectivity index (χ1n) is 7.03. The van der Waals surface area contributed by atoms with Crippen LogP contribution < -0.4 is 5.32 Å². The van der Waals surface area contributed by atoms with E-state index >= 15 is 0 Å². The lowest BCUT2D eigenvalue weighted by molar-refractivity contribution is -0.142. The Bertz CT molecular complexity index is 882. The molecule has 24 heavy (non-hydrogen) atoms. The topological polar surface area (TPSA) is 77.1 Å². The summed E-state index contributed by atoms with van der Waals surface area (Å²) < 4.78 is 41.1. The SMILES string of the molecule is Cn1nccc1CCNC(=O)c1cc2nccc(C(F)(F)F)n2n1. The van der Waals surface area contributed by atoms with Gasteiger partial charge in [0, 0.05) is 44.2 Å². The van der Waals surface area contributed by atoms with Crippen molar-refractivity contribution in [3.05, 3.63) is 47.7 Å². The summed E-state index contributed by atoms with van der Waals surface area (Å²) in [5.74, 6) is -0.559.